The minimum absolute atomic E-state index is 0.828. The SMILES string of the molecule is COCCCCc1c2sc3cc(-c4ccccc4)sc3c2c(C)c2sc3cc(-c4ccccc4)sc3c12. The van der Waals surface area contributed by atoms with Gasteiger partial charge < -0.3 is 4.74 Å². The Kier molecular flexibility index (Phi) is 6.14. The van der Waals surface area contributed by atoms with Gasteiger partial charge in [-0.1, -0.05) is 60.7 Å². The quantitative estimate of drug-likeness (QED) is 0.178. The number of hydrogen-bond donors (Lipinski definition) is 0. The zero-order valence-electron chi connectivity index (χ0n) is 20.8. The van der Waals surface area contributed by atoms with Crippen molar-refractivity contribution in [1.82, 2.24) is 0 Å². The minimum atomic E-state index is 0.828. The van der Waals surface area contributed by atoms with Crippen LogP contribution >= 0.6 is 45.3 Å². The van der Waals surface area contributed by atoms with Crippen molar-refractivity contribution in [2.45, 2.75) is 26.2 Å². The van der Waals surface area contributed by atoms with Crippen molar-refractivity contribution in [3.8, 4) is 20.9 Å². The van der Waals surface area contributed by atoms with Gasteiger partial charge in [-0.15, -0.1) is 45.3 Å². The van der Waals surface area contributed by atoms with Gasteiger partial charge in [0.05, 0.1) is 9.40 Å². The predicted octanol–water partition coefficient (Wildman–Crippen LogP) is 11.2. The van der Waals surface area contributed by atoms with E-state index < -0.39 is 0 Å². The predicted molar refractivity (Wildman–Crippen MR) is 168 cm³/mol. The Morgan fingerprint density at radius 3 is 1.78 bits per heavy atom. The van der Waals surface area contributed by atoms with Crippen LogP contribution in [0.15, 0.2) is 72.8 Å². The topological polar surface area (TPSA) is 9.23 Å². The fourth-order valence-corrected chi connectivity index (χ4v) is 10.9. The third kappa shape index (κ3) is 3.96. The molecule has 7 aromatic rings. The second-order valence-electron chi connectivity index (χ2n) is 9.51. The maximum atomic E-state index is 5.38. The van der Waals surface area contributed by atoms with E-state index in [2.05, 4.69) is 79.7 Å². The molecule has 0 saturated carbocycles. The normalized spacial score (nSPS) is 12.1. The van der Waals surface area contributed by atoms with E-state index in [-0.39, 0.29) is 0 Å². The van der Waals surface area contributed by atoms with Crippen molar-refractivity contribution < 1.29 is 4.74 Å². The van der Waals surface area contributed by atoms with Gasteiger partial charge in [0.15, 0.2) is 0 Å². The molecule has 5 heteroatoms. The van der Waals surface area contributed by atoms with E-state index in [0.717, 1.165) is 25.9 Å². The second kappa shape index (κ2) is 9.64. The highest BCUT2D eigenvalue weighted by Crippen LogP contribution is 2.52. The van der Waals surface area contributed by atoms with E-state index in [4.69, 9.17) is 4.74 Å². The first-order valence-corrected chi connectivity index (χ1v) is 15.9. The first-order chi connectivity index (χ1) is 18.2. The van der Waals surface area contributed by atoms with Gasteiger partial charge in [0.25, 0.3) is 0 Å². The summed E-state index contributed by atoms with van der Waals surface area (Å²) in [5.41, 5.74) is 5.63. The summed E-state index contributed by atoms with van der Waals surface area (Å²) >= 11 is 7.91. The molecule has 4 aromatic heterocycles. The second-order valence-corrected chi connectivity index (χ2v) is 13.7. The highest BCUT2D eigenvalue weighted by Gasteiger charge is 2.23. The van der Waals surface area contributed by atoms with Crippen LogP contribution in [0.4, 0.5) is 0 Å². The first kappa shape index (κ1) is 23.6. The molecule has 0 aliphatic rings. The van der Waals surface area contributed by atoms with Crippen molar-refractivity contribution in [1.29, 1.82) is 0 Å². The van der Waals surface area contributed by atoms with Gasteiger partial charge in [0.2, 0.25) is 0 Å². The summed E-state index contributed by atoms with van der Waals surface area (Å²) in [4.78, 5) is 2.73. The standard InChI is InChI=1S/C32H26OS4/c1-19-27-30(37-25-17-23(34-31(25)27)20-11-5-3-6-12-20)22(15-9-10-16-33-2)28-29(19)36-26-18-24(35-32(26)28)21-13-7-4-8-14-21/h3-8,11-14,17-18H,9-10,15-16H2,1-2H3. The summed E-state index contributed by atoms with van der Waals surface area (Å²) in [5.74, 6) is 0. The van der Waals surface area contributed by atoms with Gasteiger partial charge in [-0.25, -0.2) is 0 Å². The Morgan fingerprint density at radius 1 is 0.622 bits per heavy atom. The van der Waals surface area contributed by atoms with Crippen LogP contribution in [0.3, 0.4) is 0 Å². The van der Waals surface area contributed by atoms with Crippen molar-refractivity contribution in [2.24, 2.45) is 0 Å². The largest absolute Gasteiger partial charge is 0.385 e. The molecule has 37 heavy (non-hydrogen) atoms. The highest BCUT2D eigenvalue weighted by atomic mass is 32.1. The summed E-state index contributed by atoms with van der Waals surface area (Å²) in [7, 11) is 1.80. The van der Waals surface area contributed by atoms with E-state index >= 15 is 0 Å². The zero-order chi connectivity index (χ0) is 24.9. The van der Waals surface area contributed by atoms with E-state index in [1.165, 1.54) is 65.4 Å². The molecule has 0 fully saturated rings. The fourth-order valence-electron chi connectivity index (χ4n) is 5.37. The monoisotopic (exact) mass is 554 g/mol. The third-order valence-electron chi connectivity index (χ3n) is 7.16. The van der Waals surface area contributed by atoms with Crippen LogP contribution in [0.25, 0.3) is 59.9 Å². The Bertz CT molecular complexity index is 1870. The molecule has 0 aliphatic heterocycles. The molecule has 1 nitrogen and oxygen atoms in total. The number of aryl methyl sites for hydroxylation is 2. The average Bonchev–Trinajstić information content (AvgIpc) is 3.68. The lowest BCUT2D eigenvalue weighted by molar-refractivity contribution is 0.193. The fraction of sp³-hybridized carbons (Fsp3) is 0.188. The van der Waals surface area contributed by atoms with Gasteiger partial charge in [-0.3, -0.25) is 0 Å². The molecule has 0 unspecified atom stereocenters. The summed E-state index contributed by atoms with van der Waals surface area (Å²) < 4.78 is 14.1. The van der Waals surface area contributed by atoms with Crippen LogP contribution in [0, 0.1) is 6.92 Å². The van der Waals surface area contributed by atoms with E-state index in [1.807, 2.05) is 45.3 Å². The number of unbranched alkanes of at least 4 members (excludes halogenated alkanes) is 1. The molecule has 184 valence electrons. The van der Waals surface area contributed by atoms with Crippen molar-refractivity contribution >= 4 is 84.3 Å². The summed E-state index contributed by atoms with van der Waals surface area (Å²) in [6.07, 6.45) is 3.34. The highest BCUT2D eigenvalue weighted by molar-refractivity contribution is 7.36. The van der Waals surface area contributed by atoms with Crippen molar-refractivity contribution in [3.63, 3.8) is 0 Å². The van der Waals surface area contributed by atoms with Crippen molar-refractivity contribution in [3.05, 3.63) is 83.9 Å². The molecule has 0 N–H and O–H groups in total. The summed E-state index contributed by atoms with van der Waals surface area (Å²) in [6, 6.07) is 26.5. The Labute approximate surface area is 232 Å². The molecular weight excluding hydrogens is 529 g/mol. The molecule has 0 saturated heterocycles. The molecule has 0 aliphatic carbocycles. The van der Waals surface area contributed by atoms with Crippen LogP contribution in [0.2, 0.25) is 0 Å². The molecule has 4 heterocycles. The number of benzene rings is 3. The van der Waals surface area contributed by atoms with Gasteiger partial charge >= 0.3 is 0 Å². The zero-order valence-corrected chi connectivity index (χ0v) is 24.1. The van der Waals surface area contributed by atoms with Crippen LogP contribution in [-0.4, -0.2) is 13.7 Å². The van der Waals surface area contributed by atoms with Gasteiger partial charge in [-0.2, -0.15) is 0 Å². The van der Waals surface area contributed by atoms with Crippen LogP contribution in [0.5, 0.6) is 0 Å². The molecule has 3 aromatic carbocycles. The third-order valence-corrected chi connectivity index (χ3v) is 12.3. The molecule has 0 bridgehead atoms. The maximum Gasteiger partial charge on any atom is 0.0539 e. The van der Waals surface area contributed by atoms with E-state index in [1.54, 1.807) is 12.7 Å². The maximum absolute atomic E-state index is 5.38. The molecule has 0 spiro atoms. The Balaban J connectivity index is 1.47. The first-order valence-electron chi connectivity index (χ1n) is 12.7. The van der Waals surface area contributed by atoms with Gasteiger partial charge in [-0.05, 0) is 60.6 Å². The van der Waals surface area contributed by atoms with Crippen LogP contribution in [-0.2, 0) is 11.2 Å². The molecular formula is C32H26OS4. The van der Waals surface area contributed by atoms with Crippen molar-refractivity contribution in [2.75, 3.05) is 13.7 Å². The minimum Gasteiger partial charge on any atom is -0.385 e. The van der Waals surface area contributed by atoms with E-state index in [9.17, 15) is 0 Å². The van der Waals surface area contributed by atoms with Gasteiger partial charge in [0.1, 0.15) is 0 Å². The lowest BCUT2D eigenvalue weighted by Crippen LogP contribution is -1.93. The molecule has 0 amide bonds. The van der Waals surface area contributed by atoms with Crippen LogP contribution in [0.1, 0.15) is 24.0 Å². The number of ether oxygens (including phenoxy) is 1. The number of rotatable bonds is 7. The number of fused-ring (bicyclic) bond motifs is 6. The van der Waals surface area contributed by atoms with Crippen LogP contribution < -0.4 is 0 Å². The number of hydrogen-bond acceptors (Lipinski definition) is 5. The Hall–Kier alpha value is -2.54. The summed E-state index contributed by atoms with van der Waals surface area (Å²) in [6.45, 7) is 3.18. The number of thiophene rings is 4. The lowest BCUT2D eigenvalue weighted by atomic mass is 9.99. The molecule has 0 radical (unpaired) electrons. The average molecular weight is 555 g/mol. The lowest BCUT2D eigenvalue weighted by Gasteiger charge is -2.10. The molecule has 7 rings (SSSR count). The smallest absolute Gasteiger partial charge is 0.0539 e. The molecule has 0 atom stereocenters. The van der Waals surface area contributed by atoms with Gasteiger partial charge in [0, 0.05) is 53.0 Å². The Morgan fingerprint density at radius 2 is 1.19 bits per heavy atom. The van der Waals surface area contributed by atoms with E-state index in [0.29, 0.717) is 0 Å². The summed E-state index contributed by atoms with van der Waals surface area (Å²) in [5, 5.41) is 2.99. The number of methoxy groups -OCH3 is 1.